The van der Waals surface area contributed by atoms with Crippen LogP contribution in [0.1, 0.15) is 17.4 Å². The van der Waals surface area contributed by atoms with E-state index in [4.69, 9.17) is 16.3 Å². The highest BCUT2D eigenvalue weighted by molar-refractivity contribution is 9.10. The molecule has 0 aromatic carbocycles. The molecule has 0 bridgehead atoms. The minimum absolute atomic E-state index is 0.191. The first-order chi connectivity index (χ1) is 10.5. The Kier molecular flexibility index (Phi) is 5.51. The second-order valence-electron chi connectivity index (χ2n) is 4.06. The lowest BCUT2D eigenvalue weighted by atomic mass is 10.3. The van der Waals surface area contributed by atoms with E-state index in [9.17, 15) is 9.59 Å². The molecule has 0 aliphatic heterocycles. The van der Waals surface area contributed by atoms with Crippen molar-refractivity contribution in [2.75, 3.05) is 13.2 Å². The van der Waals surface area contributed by atoms with E-state index in [0.29, 0.717) is 15.4 Å². The number of nitrogens with zero attached hydrogens (tertiary/aromatic N) is 3. The molecule has 0 radical (unpaired) electrons. The van der Waals surface area contributed by atoms with Crippen molar-refractivity contribution < 1.29 is 14.3 Å². The van der Waals surface area contributed by atoms with Crippen LogP contribution in [0.2, 0.25) is 5.02 Å². The van der Waals surface area contributed by atoms with E-state index in [2.05, 4.69) is 31.3 Å². The number of pyridine rings is 1. The maximum absolute atomic E-state index is 12.2. The molecule has 2 aromatic heterocycles. The van der Waals surface area contributed by atoms with Crippen LogP contribution < -0.4 is 5.32 Å². The number of hydrogen-bond acceptors (Lipinski definition) is 5. The fourth-order valence-corrected chi connectivity index (χ4v) is 2.24. The molecule has 1 N–H and O–H groups in total. The van der Waals surface area contributed by atoms with Gasteiger partial charge in [0.15, 0.2) is 5.82 Å². The van der Waals surface area contributed by atoms with Gasteiger partial charge in [-0.2, -0.15) is 5.10 Å². The summed E-state index contributed by atoms with van der Waals surface area (Å²) in [6.07, 6.45) is 1.54. The molecule has 1 amide bonds. The molecular weight excluding hydrogens is 376 g/mol. The summed E-state index contributed by atoms with van der Waals surface area (Å²) >= 11 is 9.27. The van der Waals surface area contributed by atoms with E-state index in [0.717, 1.165) is 0 Å². The largest absolute Gasteiger partial charge is 0.465 e. The SMILES string of the molecule is CCOC(=O)CNC(=O)c1cc(Br)nn1-c1ncccc1Cl. The smallest absolute Gasteiger partial charge is 0.325 e. The number of halogens is 2. The topological polar surface area (TPSA) is 86.1 Å². The van der Waals surface area contributed by atoms with Crippen molar-refractivity contribution in [3.05, 3.63) is 39.7 Å². The highest BCUT2D eigenvalue weighted by Crippen LogP contribution is 2.21. The summed E-state index contributed by atoms with van der Waals surface area (Å²) in [6, 6.07) is 4.82. The number of aromatic nitrogens is 3. The maximum Gasteiger partial charge on any atom is 0.325 e. The minimum Gasteiger partial charge on any atom is -0.465 e. The van der Waals surface area contributed by atoms with Gasteiger partial charge in [0.05, 0.1) is 11.6 Å². The summed E-state index contributed by atoms with van der Waals surface area (Å²) in [5.74, 6) is -0.694. The standard InChI is InChI=1S/C13H12BrClN4O3/c1-2-22-11(20)7-17-13(21)9-6-10(14)18-19(9)12-8(15)4-3-5-16-12/h3-6H,2,7H2,1H3,(H,17,21). The number of carbonyl (C=O) groups is 2. The molecule has 0 atom stereocenters. The van der Waals surface area contributed by atoms with Crippen LogP contribution in [0.3, 0.4) is 0 Å². The van der Waals surface area contributed by atoms with Gasteiger partial charge in [-0.1, -0.05) is 11.6 Å². The van der Waals surface area contributed by atoms with Gasteiger partial charge in [-0.25, -0.2) is 9.67 Å². The van der Waals surface area contributed by atoms with Crippen molar-refractivity contribution >= 4 is 39.4 Å². The lowest BCUT2D eigenvalue weighted by Gasteiger charge is -2.08. The van der Waals surface area contributed by atoms with Crippen LogP contribution in [-0.4, -0.2) is 39.8 Å². The summed E-state index contributed by atoms with van der Waals surface area (Å²) in [5.41, 5.74) is 0.191. The first-order valence-corrected chi connectivity index (χ1v) is 7.50. The highest BCUT2D eigenvalue weighted by Gasteiger charge is 2.19. The molecule has 2 aromatic rings. The number of hydrogen-bond donors (Lipinski definition) is 1. The Bertz CT molecular complexity index is 704. The zero-order valence-electron chi connectivity index (χ0n) is 11.5. The second-order valence-corrected chi connectivity index (χ2v) is 5.28. The van der Waals surface area contributed by atoms with Crippen LogP contribution in [0, 0.1) is 0 Å². The Labute approximate surface area is 139 Å². The molecule has 2 heterocycles. The molecule has 9 heteroatoms. The molecule has 0 saturated heterocycles. The molecule has 0 unspecified atom stereocenters. The van der Waals surface area contributed by atoms with E-state index < -0.39 is 11.9 Å². The van der Waals surface area contributed by atoms with Crippen LogP contribution in [0.4, 0.5) is 0 Å². The van der Waals surface area contributed by atoms with E-state index in [1.165, 1.54) is 16.9 Å². The third-order valence-electron chi connectivity index (χ3n) is 2.55. The van der Waals surface area contributed by atoms with Gasteiger partial charge in [-0.3, -0.25) is 9.59 Å². The number of carbonyl (C=O) groups excluding carboxylic acids is 2. The van der Waals surface area contributed by atoms with Gasteiger partial charge in [0, 0.05) is 12.3 Å². The van der Waals surface area contributed by atoms with Crippen LogP contribution in [0.25, 0.3) is 5.82 Å². The molecule has 7 nitrogen and oxygen atoms in total. The van der Waals surface area contributed by atoms with Gasteiger partial charge in [0.25, 0.3) is 5.91 Å². The normalized spacial score (nSPS) is 10.3. The fourth-order valence-electron chi connectivity index (χ4n) is 1.66. The van der Waals surface area contributed by atoms with Gasteiger partial charge in [0.2, 0.25) is 0 Å². The molecular formula is C13H12BrClN4O3. The Hall–Kier alpha value is -1.93. The van der Waals surface area contributed by atoms with Crippen LogP contribution in [-0.2, 0) is 9.53 Å². The lowest BCUT2D eigenvalue weighted by molar-refractivity contribution is -0.141. The summed E-state index contributed by atoms with van der Waals surface area (Å²) in [7, 11) is 0. The molecule has 0 spiro atoms. The van der Waals surface area contributed by atoms with Crippen molar-refractivity contribution in [2.24, 2.45) is 0 Å². The average molecular weight is 388 g/mol. The third-order valence-corrected chi connectivity index (χ3v) is 3.23. The lowest BCUT2D eigenvalue weighted by Crippen LogP contribution is -2.32. The van der Waals surface area contributed by atoms with E-state index in [1.807, 2.05) is 0 Å². The predicted molar refractivity (Wildman–Crippen MR) is 83.0 cm³/mol. The molecule has 0 saturated carbocycles. The van der Waals surface area contributed by atoms with Gasteiger partial charge in [-0.15, -0.1) is 0 Å². The van der Waals surface area contributed by atoms with E-state index in [-0.39, 0.29) is 18.8 Å². The third kappa shape index (κ3) is 3.83. The Morgan fingerprint density at radius 1 is 1.50 bits per heavy atom. The van der Waals surface area contributed by atoms with Gasteiger partial charge in [0.1, 0.15) is 16.8 Å². The Balaban J connectivity index is 2.23. The number of amides is 1. The molecule has 0 aliphatic rings. The molecule has 2 rings (SSSR count). The predicted octanol–water partition coefficient (Wildman–Crippen LogP) is 1.98. The summed E-state index contributed by atoms with van der Waals surface area (Å²) in [5, 5.41) is 6.94. The van der Waals surface area contributed by atoms with Crippen LogP contribution in [0.15, 0.2) is 29.0 Å². The Morgan fingerprint density at radius 3 is 2.95 bits per heavy atom. The van der Waals surface area contributed by atoms with Gasteiger partial charge in [-0.05, 0) is 35.0 Å². The number of ether oxygens (including phenoxy) is 1. The Morgan fingerprint density at radius 2 is 2.27 bits per heavy atom. The monoisotopic (exact) mass is 386 g/mol. The maximum atomic E-state index is 12.2. The van der Waals surface area contributed by atoms with E-state index >= 15 is 0 Å². The molecule has 0 fully saturated rings. The highest BCUT2D eigenvalue weighted by atomic mass is 79.9. The second kappa shape index (κ2) is 7.37. The zero-order valence-corrected chi connectivity index (χ0v) is 13.9. The fraction of sp³-hybridized carbons (Fsp3) is 0.231. The van der Waals surface area contributed by atoms with Crippen molar-refractivity contribution in [1.82, 2.24) is 20.1 Å². The number of nitrogens with one attached hydrogen (secondary N) is 1. The van der Waals surface area contributed by atoms with Crippen molar-refractivity contribution in [3.63, 3.8) is 0 Å². The number of rotatable bonds is 5. The number of esters is 1. The molecule has 22 heavy (non-hydrogen) atoms. The quantitative estimate of drug-likeness (QED) is 0.793. The van der Waals surface area contributed by atoms with Crippen LogP contribution in [0.5, 0.6) is 0 Å². The van der Waals surface area contributed by atoms with Crippen molar-refractivity contribution in [3.8, 4) is 5.82 Å². The van der Waals surface area contributed by atoms with Crippen molar-refractivity contribution in [1.29, 1.82) is 0 Å². The summed E-state index contributed by atoms with van der Waals surface area (Å²) in [4.78, 5) is 27.6. The summed E-state index contributed by atoms with van der Waals surface area (Å²) in [6.45, 7) is 1.71. The van der Waals surface area contributed by atoms with Crippen LogP contribution >= 0.6 is 27.5 Å². The van der Waals surface area contributed by atoms with Crippen molar-refractivity contribution in [2.45, 2.75) is 6.92 Å². The van der Waals surface area contributed by atoms with E-state index in [1.54, 1.807) is 19.1 Å². The molecule has 0 aliphatic carbocycles. The minimum atomic E-state index is -0.517. The average Bonchev–Trinajstić information content (AvgIpc) is 2.87. The van der Waals surface area contributed by atoms with Gasteiger partial charge >= 0.3 is 5.97 Å². The van der Waals surface area contributed by atoms with Gasteiger partial charge < -0.3 is 10.1 Å². The zero-order chi connectivity index (χ0) is 16.1. The first-order valence-electron chi connectivity index (χ1n) is 6.33. The summed E-state index contributed by atoms with van der Waals surface area (Å²) < 4.78 is 6.49. The first kappa shape index (κ1) is 16.4. The molecule has 116 valence electrons.